The van der Waals surface area contributed by atoms with Crippen LogP contribution in [-0.4, -0.2) is 26.2 Å². The third-order valence-corrected chi connectivity index (χ3v) is 3.59. The number of rotatable bonds is 5. The van der Waals surface area contributed by atoms with Gasteiger partial charge in [0.1, 0.15) is 19.0 Å². The lowest BCUT2D eigenvalue weighted by atomic mass is 10.2. The summed E-state index contributed by atoms with van der Waals surface area (Å²) < 4.78 is 16.2. The SMILES string of the molecule is COc1cccc(/C=C/C(=O)NCc2ccc3c(c2)OCCO3)c1. The Hall–Kier alpha value is -2.95. The molecule has 0 unspecified atom stereocenters. The first kappa shape index (κ1) is 15.9. The van der Waals surface area contributed by atoms with Crippen molar-refractivity contribution < 1.29 is 19.0 Å². The van der Waals surface area contributed by atoms with E-state index < -0.39 is 0 Å². The van der Waals surface area contributed by atoms with Crippen LogP contribution in [0, 0.1) is 0 Å². The molecular formula is C19H19NO4. The molecule has 0 fully saturated rings. The van der Waals surface area contributed by atoms with E-state index in [1.807, 2.05) is 42.5 Å². The molecule has 124 valence electrons. The lowest BCUT2D eigenvalue weighted by Gasteiger charge is -2.18. The van der Waals surface area contributed by atoms with Crippen molar-refractivity contribution in [3.05, 3.63) is 59.7 Å². The van der Waals surface area contributed by atoms with Crippen molar-refractivity contribution >= 4 is 12.0 Å². The summed E-state index contributed by atoms with van der Waals surface area (Å²) in [4.78, 5) is 11.9. The number of carbonyl (C=O) groups is 1. The highest BCUT2D eigenvalue weighted by molar-refractivity contribution is 5.91. The van der Waals surface area contributed by atoms with Gasteiger partial charge in [0.2, 0.25) is 5.91 Å². The molecule has 24 heavy (non-hydrogen) atoms. The molecule has 0 bridgehead atoms. The van der Waals surface area contributed by atoms with Gasteiger partial charge >= 0.3 is 0 Å². The van der Waals surface area contributed by atoms with Gasteiger partial charge < -0.3 is 19.5 Å². The molecule has 0 radical (unpaired) electrons. The normalized spacial score (nSPS) is 12.9. The highest BCUT2D eigenvalue weighted by Crippen LogP contribution is 2.30. The predicted octanol–water partition coefficient (Wildman–Crippen LogP) is 2.80. The fourth-order valence-corrected chi connectivity index (χ4v) is 2.36. The zero-order valence-electron chi connectivity index (χ0n) is 13.5. The maximum Gasteiger partial charge on any atom is 0.244 e. The standard InChI is InChI=1S/C19H19NO4/c1-22-16-4-2-3-14(11-16)6-8-19(21)20-13-15-5-7-17-18(12-15)24-10-9-23-17/h2-8,11-12H,9-10,13H2,1H3,(H,20,21)/b8-6+. The molecule has 5 nitrogen and oxygen atoms in total. The van der Waals surface area contributed by atoms with Crippen LogP contribution < -0.4 is 19.5 Å². The molecular weight excluding hydrogens is 306 g/mol. The van der Waals surface area contributed by atoms with Gasteiger partial charge in [0.05, 0.1) is 7.11 Å². The maximum atomic E-state index is 11.9. The van der Waals surface area contributed by atoms with Crippen LogP contribution in [0.5, 0.6) is 17.2 Å². The Labute approximate surface area is 140 Å². The molecule has 0 spiro atoms. The van der Waals surface area contributed by atoms with Crippen LogP contribution in [0.2, 0.25) is 0 Å². The van der Waals surface area contributed by atoms with E-state index in [4.69, 9.17) is 14.2 Å². The quantitative estimate of drug-likeness (QED) is 0.859. The van der Waals surface area contributed by atoms with E-state index in [0.717, 1.165) is 28.4 Å². The van der Waals surface area contributed by atoms with Gasteiger partial charge in [0, 0.05) is 12.6 Å². The van der Waals surface area contributed by atoms with Crippen molar-refractivity contribution in [2.24, 2.45) is 0 Å². The number of methoxy groups -OCH3 is 1. The van der Waals surface area contributed by atoms with Crippen LogP contribution in [-0.2, 0) is 11.3 Å². The topological polar surface area (TPSA) is 56.8 Å². The Morgan fingerprint density at radius 3 is 2.83 bits per heavy atom. The Kier molecular flexibility index (Phi) is 5.01. The average Bonchev–Trinajstić information content (AvgIpc) is 2.64. The van der Waals surface area contributed by atoms with Crippen LogP contribution >= 0.6 is 0 Å². The van der Waals surface area contributed by atoms with Crippen molar-refractivity contribution in [2.75, 3.05) is 20.3 Å². The number of fused-ring (bicyclic) bond motifs is 1. The molecule has 0 aliphatic carbocycles. The van der Waals surface area contributed by atoms with Crippen LogP contribution in [0.3, 0.4) is 0 Å². The number of carbonyl (C=O) groups excluding carboxylic acids is 1. The third-order valence-electron chi connectivity index (χ3n) is 3.59. The summed E-state index contributed by atoms with van der Waals surface area (Å²) in [6.45, 7) is 1.54. The zero-order valence-corrected chi connectivity index (χ0v) is 13.5. The largest absolute Gasteiger partial charge is 0.497 e. The molecule has 5 heteroatoms. The van der Waals surface area contributed by atoms with E-state index in [9.17, 15) is 4.79 Å². The smallest absolute Gasteiger partial charge is 0.244 e. The second kappa shape index (κ2) is 7.55. The summed E-state index contributed by atoms with van der Waals surface area (Å²) in [5.74, 6) is 2.07. The summed E-state index contributed by atoms with van der Waals surface area (Å²) >= 11 is 0. The Morgan fingerprint density at radius 1 is 1.17 bits per heavy atom. The summed E-state index contributed by atoms with van der Waals surface area (Å²) in [5, 5.41) is 2.85. The van der Waals surface area contributed by atoms with Crippen LogP contribution in [0.15, 0.2) is 48.5 Å². The fraction of sp³-hybridized carbons (Fsp3) is 0.211. The van der Waals surface area contributed by atoms with E-state index >= 15 is 0 Å². The maximum absolute atomic E-state index is 11.9. The van der Waals surface area contributed by atoms with Crippen molar-refractivity contribution in [2.45, 2.75) is 6.54 Å². The molecule has 1 aliphatic rings. The zero-order chi connectivity index (χ0) is 16.8. The van der Waals surface area contributed by atoms with Gasteiger partial charge in [-0.3, -0.25) is 4.79 Å². The number of nitrogens with one attached hydrogen (secondary N) is 1. The number of hydrogen-bond acceptors (Lipinski definition) is 4. The highest BCUT2D eigenvalue weighted by atomic mass is 16.6. The van der Waals surface area contributed by atoms with E-state index in [0.29, 0.717) is 19.8 Å². The summed E-state index contributed by atoms with van der Waals surface area (Å²) in [7, 11) is 1.61. The monoisotopic (exact) mass is 325 g/mol. The van der Waals surface area contributed by atoms with Crippen molar-refractivity contribution in [1.82, 2.24) is 5.32 Å². The molecule has 1 N–H and O–H groups in total. The van der Waals surface area contributed by atoms with Gasteiger partial charge in [0.15, 0.2) is 11.5 Å². The van der Waals surface area contributed by atoms with Crippen molar-refractivity contribution in [1.29, 1.82) is 0 Å². The lowest BCUT2D eigenvalue weighted by molar-refractivity contribution is -0.116. The minimum atomic E-state index is -0.160. The Balaban J connectivity index is 1.56. The van der Waals surface area contributed by atoms with Gasteiger partial charge in [-0.15, -0.1) is 0 Å². The minimum Gasteiger partial charge on any atom is -0.497 e. The number of amides is 1. The minimum absolute atomic E-state index is 0.160. The highest BCUT2D eigenvalue weighted by Gasteiger charge is 2.11. The van der Waals surface area contributed by atoms with Crippen LogP contribution in [0.25, 0.3) is 6.08 Å². The van der Waals surface area contributed by atoms with Crippen molar-refractivity contribution in [3.8, 4) is 17.2 Å². The molecule has 1 aliphatic heterocycles. The summed E-state index contributed by atoms with van der Waals surface area (Å²) in [6, 6.07) is 13.2. The third kappa shape index (κ3) is 4.07. The molecule has 0 saturated heterocycles. The second-order valence-corrected chi connectivity index (χ2v) is 5.31. The molecule has 2 aromatic carbocycles. The average molecular weight is 325 g/mol. The molecule has 1 amide bonds. The number of hydrogen-bond donors (Lipinski definition) is 1. The van der Waals surface area contributed by atoms with E-state index in [2.05, 4.69) is 5.32 Å². The molecule has 0 aromatic heterocycles. The summed E-state index contributed by atoms with van der Waals surface area (Å²) in [6.07, 6.45) is 3.26. The Morgan fingerprint density at radius 2 is 2.00 bits per heavy atom. The van der Waals surface area contributed by atoms with Gasteiger partial charge in [-0.05, 0) is 41.5 Å². The fourth-order valence-electron chi connectivity index (χ4n) is 2.36. The van der Waals surface area contributed by atoms with E-state index in [-0.39, 0.29) is 5.91 Å². The first-order valence-electron chi connectivity index (χ1n) is 7.73. The van der Waals surface area contributed by atoms with Crippen LogP contribution in [0.1, 0.15) is 11.1 Å². The van der Waals surface area contributed by atoms with Gasteiger partial charge in [-0.1, -0.05) is 18.2 Å². The second-order valence-electron chi connectivity index (χ2n) is 5.31. The number of ether oxygens (including phenoxy) is 3. The van der Waals surface area contributed by atoms with Gasteiger partial charge in [-0.2, -0.15) is 0 Å². The molecule has 3 rings (SSSR count). The van der Waals surface area contributed by atoms with E-state index in [1.165, 1.54) is 6.08 Å². The molecule has 1 heterocycles. The molecule has 0 atom stereocenters. The Bertz CT molecular complexity index is 755. The first-order chi connectivity index (χ1) is 11.7. The first-order valence-corrected chi connectivity index (χ1v) is 7.73. The molecule has 2 aromatic rings. The predicted molar refractivity (Wildman–Crippen MR) is 91.3 cm³/mol. The van der Waals surface area contributed by atoms with E-state index in [1.54, 1.807) is 13.2 Å². The van der Waals surface area contributed by atoms with Crippen molar-refractivity contribution in [3.63, 3.8) is 0 Å². The number of benzene rings is 2. The van der Waals surface area contributed by atoms with Crippen LogP contribution in [0.4, 0.5) is 0 Å². The lowest BCUT2D eigenvalue weighted by Crippen LogP contribution is -2.20. The van der Waals surface area contributed by atoms with Gasteiger partial charge in [-0.25, -0.2) is 0 Å². The molecule has 0 saturated carbocycles. The van der Waals surface area contributed by atoms with Gasteiger partial charge in [0.25, 0.3) is 0 Å². The summed E-state index contributed by atoms with van der Waals surface area (Å²) in [5.41, 5.74) is 1.87.